The Labute approximate surface area is 157 Å². The average Bonchev–Trinajstić information content (AvgIpc) is 3.07. The van der Waals surface area contributed by atoms with Crippen LogP contribution in [0.3, 0.4) is 0 Å². The second-order valence-corrected chi connectivity index (χ2v) is 6.60. The van der Waals surface area contributed by atoms with Gasteiger partial charge in [-0.1, -0.05) is 5.16 Å². The minimum absolute atomic E-state index is 0.102. The van der Waals surface area contributed by atoms with Crippen molar-refractivity contribution in [1.29, 1.82) is 0 Å². The smallest absolute Gasteiger partial charge is 0.194 e. The van der Waals surface area contributed by atoms with Crippen molar-refractivity contribution in [2.24, 2.45) is 4.99 Å². The first-order valence-electron chi connectivity index (χ1n) is 9.17. The van der Waals surface area contributed by atoms with Crippen LogP contribution in [0.25, 0.3) is 0 Å². The number of hydrogen-bond donors (Lipinski definition) is 1. The van der Waals surface area contributed by atoms with E-state index in [1.807, 2.05) is 19.9 Å². The number of aryl methyl sites for hydroxylation is 1. The van der Waals surface area contributed by atoms with Crippen LogP contribution in [0.4, 0.5) is 8.78 Å². The van der Waals surface area contributed by atoms with Gasteiger partial charge < -0.3 is 14.7 Å². The Hall–Kier alpha value is -2.48. The van der Waals surface area contributed by atoms with E-state index in [9.17, 15) is 8.78 Å². The summed E-state index contributed by atoms with van der Waals surface area (Å²) in [5.41, 5.74) is 1.19. The molecular formula is C19H25F2N5O. The zero-order valence-corrected chi connectivity index (χ0v) is 15.7. The van der Waals surface area contributed by atoms with Crippen LogP contribution in [0.15, 0.2) is 33.8 Å². The van der Waals surface area contributed by atoms with Crippen molar-refractivity contribution in [3.8, 4) is 0 Å². The van der Waals surface area contributed by atoms with E-state index in [2.05, 4.69) is 25.3 Å². The van der Waals surface area contributed by atoms with Crippen LogP contribution < -0.4 is 5.32 Å². The van der Waals surface area contributed by atoms with Crippen molar-refractivity contribution in [2.75, 3.05) is 32.7 Å². The SMILES string of the molecule is CCNC(=NCc1cc(F)ccc1F)N1CCN(Cc2cc(C)on2)CC1. The number of hydrogen-bond acceptors (Lipinski definition) is 4. The summed E-state index contributed by atoms with van der Waals surface area (Å²) in [6, 6.07) is 5.40. The number of halogens is 2. The van der Waals surface area contributed by atoms with Gasteiger partial charge in [0.25, 0.3) is 0 Å². The van der Waals surface area contributed by atoms with E-state index >= 15 is 0 Å². The van der Waals surface area contributed by atoms with Crippen molar-refractivity contribution < 1.29 is 13.3 Å². The summed E-state index contributed by atoms with van der Waals surface area (Å²) in [5, 5.41) is 7.28. The van der Waals surface area contributed by atoms with Gasteiger partial charge in [-0.3, -0.25) is 4.90 Å². The molecule has 0 amide bonds. The van der Waals surface area contributed by atoms with Gasteiger partial charge >= 0.3 is 0 Å². The van der Waals surface area contributed by atoms with E-state index in [1.54, 1.807) is 0 Å². The van der Waals surface area contributed by atoms with E-state index in [-0.39, 0.29) is 12.1 Å². The van der Waals surface area contributed by atoms with Crippen LogP contribution in [-0.2, 0) is 13.1 Å². The fourth-order valence-electron chi connectivity index (χ4n) is 3.09. The molecule has 6 nitrogen and oxygen atoms in total. The van der Waals surface area contributed by atoms with Gasteiger partial charge in [0, 0.05) is 50.9 Å². The molecule has 3 rings (SSSR count). The molecule has 0 atom stereocenters. The van der Waals surface area contributed by atoms with Gasteiger partial charge in [0.05, 0.1) is 12.2 Å². The summed E-state index contributed by atoms with van der Waals surface area (Å²) in [5.74, 6) is 0.639. The molecule has 1 fully saturated rings. The molecule has 1 saturated heterocycles. The van der Waals surface area contributed by atoms with Crippen LogP contribution in [0.5, 0.6) is 0 Å². The molecule has 2 heterocycles. The molecule has 1 aromatic heterocycles. The summed E-state index contributed by atoms with van der Waals surface area (Å²) in [6.07, 6.45) is 0. The van der Waals surface area contributed by atoms with Gasteiger partial charge in [0.1, 0.15) is 17.4 Å². The summed E-state index contributed by atoms with van der Waals surface area (Å²) >= 11 is 0. The number of nitrogens with zero attached hydrogens (tertiary/aromatic N) is 4. The zero-order chi connectivity index (χ0) is 19.2. The number of rotatable bonds is 5. The molecule has 1 aromatic carbocycles. The molecule has 0 bridgehead atoms. The van der Waals surface area contributed by atoms with Crippen molar-refractivity contribution in [3.63, 3.8) is 0 Å². The molecule has 0 radical (unpaired) electrons. The predicted octanol–water partition coefficient (Wildman–Crippen LogP) is 2.54. The lowest BCUT2D eigenvalue weighted by Crippen LogP contribution is -2.52. The van der Waals surface area contributed by atoms with Gasteiger partial charge in [0.15, 0.2) is 5.96 Å². The van der Waals surface area contributed by atoms with E-state index in [0.29, 0.717) is 6.54 Å². The van der Waals surface area contributed by atoms with Crippen molar-refractivity contribution in [3.05, 3.63) is 52.9 Å². The highest BCUT2D eigenvalue weighted by molar-refractivity contribution is 5.80. The third-order valence-corrected chi connectivity index (χ3v) is 4.48. The second-order valence-electron chi connectivity index (χ2n) is 6.60. The maximum atomic E-state index is 13.8. The maximum Gasteiger partial charge on any atom is 0.194 e. The largest absolute Gasteiger partial charge is 0.361 e. The molecule has 0 spiro atoms. The molecule has 146 valence electrons. The van der Waals surface area contributed by atoms with E-state index < -0.39 is 11.6 Å². The zero-order valence-electron chi connectivity index (χ0n) is 15.7. The van der Waals surface area contributed by atoms with Crippen LogP contribution >= 0.6 is 0 Å². The van der Waals surface area contributed by atoms with Crippen LogP contribution in [0.1, 0.15) is 23.9 Å². The minimum Gasteiger partial charge on any atom is -0.361 e. The number of piperazine rings is 1. The Morgan fingerprint density at radius 3 is 2.67 bits per heavy atom. The van der Waals surface area contributed by atoms with Gasteiger partial charge in [0.2, 0.25) is 0 Å². The highest BCUT2D eigenvalue weighted by atomic mass is 19.1. The van der Waals surface area contributed by atoms with Gasteiger partial charge in [-0.15, -0.1) is 0 Å². The fraction of sp³-hybridized carbons (Fsp3) is 0.474. The number of aliphatic imine (C=N–C) groups is 1. The Kier molecular flexibility index (Phi) is 6.39. The summed E-state index contributed by atoms with van der Waals surface area (Å²) in [4.78, 5) is 8.95. The Morgan fingerprint density at radius 2 is 2.00 bits per heavy atom. The van der Waals surface area contributed by atoms with Crippen LogP contribution in [0.2, 0.25) is 0 Å². The highest BCUT2D eigenvalue weighted by Gasteiger charge is 2.20. The topological polar surface area (TPSA) is 56.9 Å². The molecular weight excluding hydrogens is 352 g/mol. The Morgan fingerprint density at radius 1 is 1.22 bits per heavy atom. The maximum absolute atomic E-state index is 13.8. The molecule has 1 N–H and O–H groups in total. The number of aromatic nitrogens is 1. The van der Waals surface area contributed by atoms with Gasteiger partial charge in [-0.2, -0.15) is 0 Å². The molecule has 1 aliphatic rings. The Bertz CT molecular complexity index is 784. The summed E-state index contributed by atoms with van der Waals surface area (Å²) in [7, 11) is 0. The minimum atomic E-state index is -0.455. The second kappa shape index (κ2) is 8.94. The summed E-state index contributed by atoms with van der Waals surface area (Å²) < 4.78 is 32.3. The first kappa shape index (κ1) is 19.3. The van der Waals surface area contributed by atoms with Crippen molar-refractivity contribution in [1.82, 2.24) is 20.3 Å². The van der Waals surface area contributed by atoms with Crippen molar-refractivity contribution >= 4 is 5.96 Å². The van der Waals surface area contributed by atoms with E-state index in [0.717, 1.165) is 62.3 Å². The molecule has 8 heteroatoms. The van der Waals surface area contributed by atoms with Crippen LogP contribution in [0, 0.1) is 18.6 Å². The highest BCUT2D eigenvalue weighted by Crippen LogP contribution is 2.12. The lowest BCUT2D eigenvalue weighted by Gasteiger charge is -2.36. The number of benzene rings is 1. The third kappa shape index (κ3) is 5.26. The summed E-state index contributed by atoms with van der Waals surface area (Å²) in [6.45, 7) is 8.77. The predicted molar refractivity (Wildman–Crippen MR) is 99.3 cm³/mol. The fourth-order valence-corrected chi connectivity index (χ4v) is 3.09. The molecule has 0 saturated carbocycles. The quantitative estimate of drug-likeness (QED) is 0.641. The molecule has 27 heavy (non-hydrogen) atoms. The molecule has 1 aliphatic heterocycles. The van der Waals surface area contributed by atoms with Gasteiger partial charge in [-0.05, 0) is 32.0 Å². The standard InChI is InChI=1S/C19H25F2N5O/c1-3-22-19(23-12-15-11-16(20)4-5-18(15)21)26-8-6-25(7-9-26)13-17-10-14(2)27-24-17/h4-5,10-11H,3,6-9,12-13H2,1-2H3,(H,22,23). The lowest BCUT2D eigenvalue weighted by molar-refractivity contribution is 0.169. The molecule has 2 aromatic rings. The lowest BCUT2D eigenvalue weighted by atomic mass is 10.2. The van der Waals surface area contributed by atoms with Gasteiger partial charge in [-0.25, -0.2) is 13.8 Å². The molecule has 0 aliphatic carbocycles. The molecule has 0 unspecified atom stereocenters. The Balaban J connectivity index is 1.59. The van der Waals surface area contributed by atoms with Crippen molar-refractivity contribution in [2.45, 2.75) is 26.9 Å². The van der Waals surface area contributed by atoms with E-state index in [4.69, 9.17) is 4.52 Å². The number of nitrogens with one attached hydrogen (secondary N) is 1. The van der Waals surface area contributed by atoms with E-state index in [1.165, 1.54) is 6.07 Å². The first-order valence-corrected chi connectivity index (χ1v) is 9.17. The number of guanidine groups is 1. The third-order valence-electron chi connectivity index (χ3n) is 4.48. The average molecular weight is 377 g/mol. The monoisotopic (exact) mass is 377 g/mol. The first-order chi connectivity index (χ1) is 13.0. The normalized spacial score (nSPS) is 16.0. The van der Waals surface area contributed by atoms with Crippen LogP contribution in [-0.4, -0.2) is 53.6 Å².